The molecule has 2 unspecified atom stereocenters. The van der Waals surface area contributed by atoms with Gasteiger partial charge >= 0.3 is 0 Å². The highest BCUT2D eigenvalue weighted by molar-refractivity contribution is 5.88. The molecular weight excluding hydrogens is 304 g/mol. The molecule has 1 fully saturated rings. The van der Waals surface area contributed by atoms with E-state index in [1.807, 2.05) is 20.0 Å². The maximum absolute atomic E-state index is 6.47. The molecule has 0 bridgehead atoms. The van der Waals surface area contributed by atoms with Crippen LogP contribution in [0.1, 0.15) is 36.3 Å². The van der Waals surface area contributed by atoms with Crippen molar-refractivity contribution in [1.82, 2.24) is 35.7 Å². The number of hydrogen-bond donors (Lipinski definition) is 4. The van der Waals surface area contributed by atoms with Gasteiger partial charge in [0.15, 0.2) is 0 Å². The van der Waals surface area contributed by atoms with E-state index in [2.05, 4.69) is 37.6 Å². The van der Waals surface area contributed by atoms with E-state index in [4.69, 9.17) is 10.7 Å². The van der Waals surface area contributed by atoms with Gasteiger partial charge in [0.2, 0.25) is 5.65 Å². The summed E-state index contributed by atoms with van der Waals surface area (Å²) < 4.78 is 0. The number of aromatic amines is 2. The molecule has 4 rings (SSSR count). The van der Waals surface area contributed by atoms with Crippen molar-refractivity contribution in [3.63, 3.8) is 0 Å². The molecule has 24 heavy (non-hydrogen) atoms. The Bertz CT molecular complexity index is 871. The van der Waals surface area contributed by atoms with Crippen molar-refractivity contribution < 1.29 is 0 Å². The monoisotopic (exact) mass is 326 g/mol. The average Bonchev–Trinajstić information content (AvgIpc) is 3.09. The Morgan fingerprint density at radius 1 is 1.25 bits per heavy atom. The van der Waals surface area contributed by atoms with E-state index in [0.717, 1.165) is 53.4 Å². The van der Waals surface area contributed by atoms with Gasteiger partial charge in [0.1, 0.15) is 5.52 Å². The molecule has 0 amide bonds. The van der Waals surface area contributed by atoms with Crippen LogP contribution in [0.15, 0.2) is 6.20 Å². The smallest absolute Gasteiger partial charge is 0.200 e. The third kappa shape index (κ3) is 2.30. The number of aryl methyl sites for hydroxylation is 2. The molecule has 0 radical (unpaired) electrons. The molecule has 126 valence electrons. The fourth-order valence-corrected chi connectivity index (χ4v) is 3.52. The number of nitrogens with zero attached hydrogens (tertiary/aromatic N) is 4. The zero-order valence-corrected chi connectivity index (χ0v) is 14.1. The second kappa shape index (κ2) is 5.35. The van der Waals surface area contributed by atoms with Crippen LogP contribution in [-0.4, -0.2) is 49.0 Å². The van der Waals surface area contributed by atoms with Crippen LogP contribution >= 0.6 is 0 Å². The molecular formula is C16H22N8. The summed E-state index contributed by atoms with van der Waals surface area (Å²) in [6.07, 6.45) is 2.74. The predicted octanol–water partition coefficient (Wildman–Crippen LogP) is 1.15. The van der Waals surface area contributed by atoms with Crippen molar-refractivity contribution in [3.05, 3.63) is 23.3 Å². The van der Waals surface area contributed by atoms with E-state index in [1.165, 1.54) is 0 Å². The van der Waals surface area contributed by atoms with Gasteiger partial charge in [-0.25, -0.2) is 9.97 Å². The van der Waals surface area contributed by atoms with Crippen molar-refractivity contribution in [2.75, 3.05) is 13.1 Å². The fourth-order valence-electron chi connectivity index (χ4n) is 3.52. The Morgan fingerprint density at radius 3 is 2.79 bits per heavy atom. The molecule has 0 aliphatic carbocycles. The summed E-state index contributed by atoms with van der Waals surface area (Å²) in [4.78, 5) is 9.37. The number of nitrogens with one attached hydrogen (secondary N) is 3. The quantitative estimate of drug-likeness (QED) is 0.560. The van der Waals surface area contributed by atoms with Crippen LogP contribution in [0, 0.1) is 13.8 Å². The van der Waals surface area contributed by atoms with Crippen LogP contribution in [-0.2, 0) is 0 Å². The van der Waals surface area contributed by atoms with E-state index in [1.54, 1.807) is 0 Å². The Hall–Kier alpha value is -2.32. The van der Waals surface area contributed by atoms with Crippen molar-refractivity contribution in [2.24, 2.45) is 5.73 Å². The Balaban J connectivity index is 1.79. The highest BCUT2D eigenvalue weighted by Crippen LogP contribution is 2.32. The number of piperidine rings is 1. The zero-order valence-electron chi connectivity index (χ0n) is 14.1. The third-order valence-electron chi connectivity index (χ3n) is 5.00. The van der Waals surface area contributed by atoms with Gasteiger partial charge in [0, 0.05) is 35.5 Å². The summed E-state index contributed by atoms with van der Waals surface area (Å²) in [5.74, 6) is 0.126. The number of fused-ring (bicyclic) bond motifs is 1. The highest BCUT2D eigenvalue weighted by atomic mass is 15.2. The molecule has 0 saturated carbocycles. The van der Waals surface area contributed by atoms with Gasteiger partial charge in [-0.1, -0.05) is 0 Å². The third-order valence-corrected chi connectivity index (χ3v) is 5.00. The summed E-state index contributed by atoms with van der Waals surface area (Å²) in [6, 6.07) is 0. The molecule has 8 nitrogen and oxygen atoms in total. The molecule has 1 aliphatic rings. The lowest BCUT2D eigenvalue weighted by Gasteiger charge is -2.38. The minimum Gasteiger partial charge on any atom is -0.325 e. The molecule has 1 saturated heterocycles. The van der Waals surface area contributed by atoms with Gasteiger partial charge in [-0.2, -0.15) is 10.2 Å². The largest absolute Gasteiger partial charge is 0.325 e. The Labute approximate surface area is 139 Å². The van der Waals surface area contributed by atoms with E-state index in [0.29, 0.717) is 5.65 Å². The first-order valence-corrected chi connectivity index (χ1v) is 8.20. The predicted molar refractivity (Wildman–Crippen MR) is 91.6 cm³/mol. The summed E-state index contributed by atoms with van der Waals surface area (Å²) in [5, 5.41) is 18.1. The first-order chi connectivity index (χ1) is 11.5. The number of rotatable bonds is 2. The minimum absolute atomic E-state index is 0.126. The lowest BCUT2D eigenvalue weighted by molar-refractivity contribution is 0.286. The van der Waals surface area contributed by atoms with Crippen molar-refractivity contribution in [2.45, 2.75) is 38.6 Å². The molecule has 0 spiro atoms. The van der Waals surface area contributed by atoms with E-state index >= 15 is 0 Å². The van der Waals surface area contributed by atoms with Gasteiger partial charge in [-0.05, 0) is 33.7 Å². The molecule has 5 N–H and O–H groups in total. The van der Waals surface area contributed by atoms with Crippen molar-refractivity contribution in [3.8, 4) is 11.3 Å². The maximum Gasteiger partial charge on any atom is 0.200 e. The van der Waals surface area contributed by atoms with Crippen LogP contribution in [0.2, 0.25) is 0 Å². The maximum atomic E-state index is 6.47. The lowest BCUT2D eigenvalue weighted by Crippen LogP contribution is -2.53. The topological polar surface area (TPSA) is 121 Å². The Morgan fingerprint density at radius 2 is 2.08 bits per heavy atom. The molecule has 3 aromatic rings. The van der Waals surface area contributed by atoms with Crippen LogP contribution in [0.3, 0.4) is 0 Å². The first kappa shape index (κ1) is 15.2. The molecule has 8 heteroatoms. The van der Waals surface area contributed by atoms with Gasteiger partial charge in [0.25, 0.3) is 0 Å². The summed E-state index contributed by atoms with van der Waals surface area (Å²) in [6.45, 7) is 7.77. The number of aromatic nitrogens is 6. The van der Waals surface area contributed by atoms with E-state index in [-0.39, 0.29) is 11.5 Å². The number of hydrogen-bond acceptors (Lipinski definition) is 6. The lowest BCUT2D eigenvalue weighted by atomic mass is 9.79. The molecule has 4 heterocycles. The molecule has 1 aliphatic heterocycles. The van der Waals surface area contributed by atoms with E-state index < -0.39 is 0 Å². The normalized spacial score (nSPS) is 24.6. The summed E-state index contributed by atoms with van der Waals surface area (Å²) in [7, 11) is 0. The zero-order chi connectivity index (χ0) is 16.9. The average molecular weight is 326 g/mol. The van der Waals surface area contributed by atoms with Crippen LogP contribution < -0.4 is 11.1 Å². The number of H-pyrrole nitrogens is 2. The van der Waals surface area contributed by atoms with Crippen LogP contribution in [0.5, 0.6) is 0 Å². The van der Waals surface area contributed by atoms with Gasteiger partial charge in [-0.15, -0.1) is 0 Å². The van der Waals surface area contributed by atoms with Gasteiger partial charge in [-0.3, -0.25) is 10.2 Å². The van der Waals surface area contributed by atoms with Crippen molar-refractivity contribution in [1.29, 1.82) is 0 Å². The standard InChI is InChI=1S/C16H22N8/c1-8-12(9(2)22-21-8)13-14-15(24-23-13)20-11(7-19-14)10-6-18-5-4-16(10,3)17/h7,10,18H,4-6,17H2,1-3H3,(H,21,22)(H,20,23,24). The van der Waals surface area contributed by atoms with Crippen molar-refractivity contribution >= 4 is 11.2 Å². The van der Waals surface area contributed by atoms with Gasteiger partial charge < -0.3 is 11.1 Å². The fraction of sp³-hybridized carbons (Fsp3) is 0.500. The number of nitrogens with two attached hydrogens (primary N) is 1. The SMILES string of the molecule is Cc1n[nH]c(C)c1-c1[nH]nc2nc(C3CNCCC3(C)N)cnc12. The minimum atomic E-state index is -0.287. The summed E-state index contributed by atoms with van der Waals surface area (Å²) in [5.41, 5.74) is 12.2. The van der Waals surface area contributed by atoms with Crippen LogP contribution in [0.4, 0.5) is 0 Å². The highest BCUT2D eigenvalue weighted by Gasteiger charge is 2.35. The van der Waals surface area contributed by atoms with Gasteiger partial charge in [0.05, 0.1) is 17.1 Å². The molecule has 2 atom stereocenters. The first-order valence-electron chi connectivity index (χ1n) is 8.20. The van der Waals surface area contributed by atoms with E-state index in [9.17, 15) is 0 Å². The van der Waals surface area contributed by atoms with Crippen LogP contribution in [0.25, 0.3) is 22.4 Å². The second-order valence-electron chi connectivity index (χ2n) is 6.89. The molecule has 0 aromatic carbocycles. The Kier molecular flexibility index (Phi) is 3.40. The summed E-state index contributed by atoms with van der Waals surface area (Å²) >= 11 is 0. The molecule has 3 aromatic heterocycles. The second-order valence-corrected chi connectivity index (χ2v) is 6.89.